The predicted octanol–water partition coefficient (Wildman–Crippen LogP) is 2.30. The summed E-state index contributed by atoms with van der Waals surface area (Å²) in [4.78, 5) is 21.1. The van der Waals surface area contributed by atoms with E-state index in [0.29, 0.717) is 13.1 Å². The van der Waals surface area contributed by atoms with Crippen LogP contribution in [0.5, 0.6) is 0 Å². The van der Waals surface area contributed by atoms with Gasteiger partial charge in [0.25, 0.3) is 6.47 Å². The Bertz CT molecular complexity index is 243. The summed E-state index contributed by atoms with van der Waals surface area (Å²) in [5.41, 5.74) is 0. The molecule has 0 aliphatic heterocycles. The minimum Gasteiger partial charge on any atom is -0.465 e. The summed E-state index contributed by atoms with van der Waals surface area (Å²) in [6.45, 7) is 4.58. The molecule has 0 radical (unpaired) electrons. The van der Waals surface area contributed by atoms with Gasteiger partial charge in [-0.15, -0.1) is 0 Å². The van der Waals surface area contributed by atoms with Crippen molar-refractivity contribution in [3.63, 3.8) is 0 Å². The van der Waals surface area contributed by atoms with Crippen molar-refractivity contribution in [1.29, 1.82) is 0 Å². The van der Waals surface area contributed by atoms with E-state index in [1.807, 2.05) is 6.92 Å². The molecular formula is C13H24O6. The van der Waals surface area contributed by atoms with Gasteiger partial charge in [-0.3, -0.25) is 4.79 Å². The number of carbonyl (C=O) groups excluding carboxylic acids is 2. The van der Waals surface area contributed by atoms with E-state index < -0.39 is 6.16 Å². The van der Waals surface area contributed by atoms with Crippen molar-refractivity contribution >= 4 is 12.6 Å². The second kappa shape index (κ2) is 11.8. The maximum atomic E-state index is 11.0. The number of hydrogen-bond donors (Lipinski definition) is 0. The lowest BCUT2D eigenvalue weighted by Gasteiger charge is -2.15. The van der Waals surface area contributed by atoms with Crippen molar-refractivity contribution < 1.29 is 28.5 Å². The van der Waals surface area contributed by atoms with Gasteiger partial charge in [-0.05, 0) is 33.1 Å². The third kappa shape index (κ3) is 10.3. The molecule has 0 amide bonds. The maximum Gasteiger partial charge on any atom is 0.508 e. The van der Waals surface area contributed by atoms with Crippen LogP contribution in [0.2, 0.25) is 0 Å². The Balaban J connectivity index is 3.60. The number of carbonyl (C=O) groups is 2. The van der Waals surface area contributed by atoms with Crippen molar-refractivity contribution in [3.05, 3.63) is 0 Å². The molecule has 6 heteroatoms. The lowest BCUT2D eigenvalue weighted by atomic mass is 10.1. The molecule has 0 saturated carbocycles. The average molecular weight is 276 g/mol. The van der Waals surface area contributed by atoms with Crippen LogP contribution in [0, 0.1) is 0 Å². The Labute approximate surface area is 114 Å². The predicted molar refractivity (Wildman–Crippen MR) is 68.9 cm³/mol. The highest BCUT2D eigenvalue weighted by Gasteiger charge is 2.11. The van der Waals surface area contributed by atoms with Crippen LogP contribution in [0.15, 0.2) is 0 Å². The molecule has 0 rings (SSSR count). The molecule has 2 atom stereocenters. The lowest BCUT2D eigenvalue weighted by Crippen LogP contribution is -2.18. The van der Waals surface area contributed by atoms with Gasteiger partial charge in [0, 0.05) is 7.11 Å². The highest BCUT2D eigenvalue weighted by Crippen LogP contribution is 2.10. The summed E-state index contributed by atoms with van der Waals surface area (Å²) in [6.07, 6.45) is 2.53. The molecule has 0 aromatic rings. The molecule has 6 nitrogen and oxygen atoms in total. The molecule has 0 N–H and O–H groups in total. The second-order valence-corrected chi connectivity index (χ2v) is 4.18. The Kier molecular flexibility index (Phi) is 11.0. The number of methoxy groups -OCH3 is 1. The lowest BCUT2D eigenvalue weighted by molar-refractivity contribution is -0.132. The van der Waals surface area contributed by atoms with E-state index in [9.17, 15) is 9.59 Å². The zero-order valence-corrected chi connectivity index (χ0v) is 11.9. The minimum absolute atomic E-state index is 0.0773. The zero-order chi connectivity index (χ0) is 14.5. The quantitative estimate of drug-likeness (QED) is 0.327. The van der Waals surface area contributed by atoms with E-state index in [1.54, 1.807) is 14.0 Å². The van der Waals surface area contributed by atoms with E-state index in [-0.39, 0.29) is 18.8 Å². The number of unbranched alkanes of at least 4 members (excludes halogenated alkanes) is 1. The third-order valence-electron chi connectivity index (χ3n) is 2.63. The van der Waals surface area contributed by atoms with Gasteiger partial charge < -0.3 is 18.9 Å². The molecule has 0 fully saturated rings. The second-order valence-electron chi connectivity index (χ2n) is 4.18. The first-order chi connectivity index (χ1) is 9.13. The first-order valence-electron chi connectivity index (χ1n) is 6.55. The van der Waals surface area contributed by atoms with E-state index in [0.717, 1.165) is 25.7 Å². The first kappa shape index (κ1) is 17.7. The summed E-state index contributed by atoms with van der Waals surface area (Å²) in [6, 6.07) is 0. The highest BCUT2D eigenvalue weighted by atomic mass is 16.7. The normalized spacial score (nSPS) is 13.4. The van der Waals surface area contributed by atoms with Crippen molar-refractivity contribution in [2.45, 2.75) is 51.7 Å². The smallest absolute Gasteiger partial charge is 0.465 e. The van der Waals surface area contributed by atoms with Gasteiger partial charge in [0.2, 0.25) is 0 Å². The van der Waals surface area contributed by atoms with Gasteiger partial charge >= 0.3 is 6.16 Å². The van der Waals surface area contributed by atoms with Crippen LogP contribution >= 0.6 is 0 Å². The molecule has 19 heavy (non-hydrogen) atoms. The molecule has 0 spiro atoms. The topological polar surface area (TPSA) is 71.1 Å². The Morgan fingerprint density at radius 2 is 1.95 bits per heavy atom. The molecule has 0 aromatic carbocycles. The number of rotatable bonds is 11. The summed E-state index contributed by atoms with van der Waals surface area (Å²) < 4.78 is 19.5. The van der Waals surface area contributed by atoms with Crippen LogP contribution in [0.4, 0.5) is 4.79 Å². The van der Waals surface area contributed by atoms with Crippen LogP contribution in [-0.4, -0.2) is 45.2 Å². The molecular weight excluding hydrogens is 252 g/mol. The fourth-order valence-corrected chi connectivity index (χ4v) is 1.59. The molecule has 0 bridgehead atoms. The molecule has 0 aliphatic carbocycles. The zero-order valence-electron chi connectivity index (χ0n) is 11.9. The van der Waals surface area contributed by atoms with Crippen molar-refractivity contribution in [2.75, 3.05) is 20.3 Å². The summed E-state index contributed by atoms with van der Waals surface area (Å²) >= 11 is 0. The fraction of sp³-hybridized carbons (Fsp3) is 0.846. The van der Waals surface area contributed by atoms with E-state index >= 15 is 0 Å². The summed E-state index contributed by atoms with van der Waals surface area (Å²) in [5, 5.41) is 0. The van der Waals surface area contributed by atoms with Gasteiger partial charge in [0.15, 0.2) is 0 Å². The van der Waals surface area contributed by atoms with E-state index in [2.05, 4.69) is 9.47 Å². The third-order valence-corrected chi connectivity index (χ3v) is 2.63. The van der Waals surface area contributed by atoms with Crippen molar-refractivity contribution in [3.8, 4) is 0 Å². The molecule has 0 saturated heterocycles. The number of ether oxygens (including phenoxy) is 4. The van der Waals surface area contributed by atoms with Gasteiger partial charge in [-0.2, -0.15) is 0 Å². The van der Waals surface area contributed by atoms with Crippen LogP contribution in [0.25, 0.3) is 0 Å². The van der Waals surface area contributed by atoms with Gasteiger partial charge in [-0.1, -0.05) is 6.42 Å². The summed E-state index contributed by atoms with van der Waals surface area (Å²) in [7, 11) is 1.59. The van der Waals surface area contributed by atoms with Crippen molar-refractivity contribution in [1.82, 2.24) is 0 Å². The van der Waals surface area contributed by atoms with Crippen molar-refractivity contribution in [2.24, 2.45) is 0 Å². The molecule has 2 unspecified atom stereocenters. The summed E-state index contributed by atoms with van der Waals surface area (Å²) in [5.74, 6) is 0. The Morgan fingerprint density at radius 3 is 2.53 bits per heavy atom. The van der Waals surface area contributed by atoms with Crippen LogP contribution in [0.1, 0.15) is 39.5 Å². The van der Waals surface area contributed by atoms with E-state index in [4.69, 9.17) is 9.47 Å². The number of hydrogen-bond acceptors (Lipinski definition) is 6. The Hall–Kier alpha value is -1.30. The van der Waals surface area contributed by atoms with Crippen LogP contribution in [0.3, 0.4) is 0 Å². The van der Waals surface area contributed by atoms with Crippen LogP contribution in [-0.2, 0) is 23.7 Å². The molecule has 0 aromatic heterocycles. The Morgan fingerprint density at radius 1 is 1.26 bits per heavy atom. The molecule has 0 heterocycles. The fourth-order valence-electron chi connectivity index (χ4n) is 1.59. The first-order valence-corrected chi connectivity index (χ1v) is 6.55. The van der Waals surface area contributed by atoms with Crippen LogP contribution < -0.4 is 0 Å². The molecule has 112 valence electrons. The largest absolute Gasteiger partial charge is 0.508 e. The average Bonchev–Trinajstić information content (AvgIpc) is 2.38. The highest BCUT2D eigenvalue weighted by molar-refractivity contribution is 5.59. The standard InChI is InChI=1S/C13H24O6/c1-4-18-13(15)19-11(2)7-5-6-8-12(16-3)9-17-10-14/h10-12H,4-9H2,1-3H3. The van der Waals surface area contributed by atoms with Gasteiger partial charge in [-0.25, -0.2) is 4.79 Å². The molecule has 0 aliphatic rings. The monoisotopic (exact) mass is 276 g/mol. The van der Waals surface area contributed by atoms with E-state index in [1.165, 1.54) is 0 Å². The van der Waals surface area contributed by atoms with Gasteiger partial charge in [0.05, 0.1) is 12.7 Å². The SMILES string of the molecule is CCOC(=O)OC(C)CCCCC(COC=O)OC. The minimum atomic E-state index is -0.621. The maximum absolute atomic E-state index is 11.0. The van der Waals surface area contributed by atoms with Gasteiger partial charge in [0.1, 0.15) is 12.7 Å².